The van der Waals surface area contributed by atoms with Crippen LogP contribution in [0.5, 0.6) is 11.6 Å². The van der Waals surface area contributed by atoms with Gasteiger partial charge in [0.05, 0.1) is 49.1 Å². The average Bonchev–Trinajstić information content (AvgIpc) is 3.39. The Kier molecular flexibility index (Phi) is 8.75. The first-order valence-electron chi connectivity index (χ1n) is 12.8. The number of amides is 1. The van der Waals surface area contributed by atoms with Gasteiger partial charge < -0.3 is 23.8 Å². The SMILES string of the molecule is CCCCOc1nc(C)cc(OC)c1CN1CCc2c(C)cc(C(OC)C3CCOC3)c(Cl)c2C1=O. The number of nitrogens with zero attached hydrogens (tertiary/aromatic N) is 2. The Balaban J connectivity index is 1.68. The number of fused-ring (bicyclic) bond motifs is 1. The van der Waals surface area contributed by atoms with Crippen LogP contribution in [0.15, 0.2) is 12.1 Å². The monoisotopic (exact) mass is 516 g/mol. The lowest BCUT2D eigenvalue weighted by molar-refractivity contribution is 0.0443. The van der Waals surface area contributed by atoms with Crippen LogP contribution in [0.2, 0.25) is 5.02 Å². The van der Waals surface area contributed by atoms with Gasteiger partial charge in [0.15, 0.2) is 0 Å². The fourth-order valence-corrected chi connectivity index (χ4v) is 5.58. The van der Waals surface area contributed by atoms with E-state index in [4.69, 9.17) is 30.5 Å². The second kappa shape index (κ2) is 11.8. The van der Waals surface area contributed by atoms with Gasteiger partial charge in [0, 0.05) is 43.5 Å². The van der Waals surface area contributed by atoms with E-state index in [-0.39, 0.29) is 17.9 Å². The molecule has 1 aromatic heterocycles. The van der Waals surface area contributed by atoms with Crippen LogP contribution in [0.4, 0.5) is 0 Å². The summed E-state index contributed by atoms with van der Waals surface area (Å²) in [5.41, 5.74) is 5.10. The van der Waals surface area contributed by atoms with Gasteiger partial charge in [-0.1, -0.05) is 31.0 Å². The van der Waals surface area contributed by atoms with Gasteiger partial charge in [-0.15, -0.1) is 0 Å². The van der Waals surface area contributed by atoms with Crippen LogP contribution >= 0.6 is 11.6 Å². The first kappa shape index (κ1) is 26.7. The highest BCUT2D eigenvalue weighted by Crippen LogP contribution is 2.41. The van der Waals surface area contributed by atoms with Crippen molar-refractivity contribution in [2.75, 3.05) is 40.6 Å². The third-order valence-electron chi connectivity index (χ3n) is 7.19. The minimum absolute atomic E-state index is 0.0918. The zero-order valence-corrected chi connectivity index (χ0v) is 22.7. The second-order valence-corrected chi connectivity index (χ2v) is 10.0. The molecule has 3 heterocycles. The number of rotatable bonds is 10. The number of hydrogen-bond acceptors (Lipinski definition) is 6. The Morgan fingerprint density at radius 1 is 1.28 bits per heavy atom. The Labute approximate surface area is 219 Å². The van der Waals surface area contributed by atoms with Crippen molar-refractivity contribution < 1.29 is 23.7 Å². The lowest BCUT2D eigenvalue weighted by atomic mass is 9.87. The quantitative estimate of drug-likeness (QED) is 0.390. The number of ether oxygens (including phenoxy) is 4. The van der Waals surface area contributed by atoms with Gasteiger partial charge in [-0.05, 0) is 44.2 Å². The molecule has 2 unspecified atom stereocenters. The molecule has 0 saturated carbocycles. The molecule has 36 heavy (non-hydrogen) atoms. The van der Waals surface area contributed by atoms with Crippen molar-refractivity contribution in [2.45, 2.75) is 59.1 Å². The number of methoxy groups -OCH3 is 2. The molecular formula is C28H37ClN2O5. The molecule has 7 nitrogen and oxygen atoms in total. The van der Waals surface area contributed by atoms with Crippen molar-refractivity contribution in [1.82, 2.24) is 9.88 Å². The summed E-state index contributed by atoms with van der Waals surface area (Å²) in [5, 5.41) is 0.484. The number of hydrogen-bond donors (Lipinski definition) is 0. The summed E-state index contributed by atoms with van der Waals surface area (Å²) >= 11 is 6.98. The third kappa shape index (κ3) is 5.34. The number of unbranched alkanes of at least 4 members (excludes halogenated alkanes) is 1. The van der Waals surface area contributed by atoms with Crippen molar-refractivity contribution in [3.8, 4) is 11.6 Å². The molecule has 0 bridgehead atoms. The molecule has 0 N–H and O–H groups in total. The summed E-state index contributed by atoms with van der Waals surface area (Å²) in [6.07, 6.45) is 3.37. The molecule has 2 aliphatic rings. The zero-order chi connectivity index (χ0) is 25.8. The van der Waals surface area contributed by atoms with E-state index in [0.717, 1.165) is 53.6 Å². The van der Waals surface area contributed by atoms with E-state index in [0.29, 0.717) is 55.1 Å². The molecule has 8 heteroatoms. The van der Waals surface area contributed by atoms with E-state index in [1.54, 1.807) is 14.2 Å². The van der Waals surface area contributed by atoms with Crippen molar-refractivity contribution in [1.29, 1.82) is 0 Å². The number of carbonyl (C=O) groups excluding carboxylic acids is 1. The highest BCUT2D eigenvalue weighted by molar-refractivity contribution is 6.35. The van der Waals surface area contributed by atoms with Crippen LogP contribution in [0.3, 0.4) is 0 Å². The molecule has 1 saturated heterocycles. The topological polar surface area (TPSA) is 70.1 Å². The Bertz CT molecular complexity index is 1100. The summed E-state index contributed by atoms with van der Waals surface area (Å²) in [7, 11) is 3.32. The van der Waals surface area contributed by atoms with E-state index in [1.165, 1.54) is 0 Å². The first-order chi connectivity index (χ1) is 17.4. The number of aromatic nitrogens is 1. The lowest BCUT2D eigenvalue weighted by Gasteiger charge is -2.33. The minimum Gasteiger partial charge on any atom is -0.496 e. The number of carbonyl (C=O) groups is 1. The number of pyridine rings is 1. The molecule has 2 aromatic rings. The summed E-state index contributed by atoms with van der Waals surface area (Å²) in [6, 6.07) is 3.97. The molecule has 1 aromatic carbocycles. The Hall–Kier alpha value is -2.35. The average molecular weight is 517 g/mol. The fourth-order valence-electron chi connectivity index (χ4n) is 5.23. The van der Waals surface area contributed by atoms with Crippen molar-refractivity contribution in [3.05, 3.63) is 50.7 Å². The first-order valence-corrected chi connectivity index (χ1v) is 13.2. The van der Waals surface area contributed by atoms with E-state index < -0.39 is 0 Å². The predicted molar refractivity (Wildman–Crippen MR) is 139 cm³/mol. The Morgan fingerprint density at radius 2 is 2.08 bits per heavy atom. The van der Waals surface area contributed by atoms with Gasteiger partial charge in [0.25, 0.3) is 5.91 Å². The van der Waals surface area contributed by atoms with Crippen LogP contribution in [0, 0.1) is 19.8 Å². The summed E-state index contributed by atoms with van der Waals surface area (Å²) in [4.78, 5) is 20.3. The van der Waals surface area contributed by atoms with Gasteiger partial charge in [-0.25, -0.2) is 4.98 Å². The second-order valence-electron chi connectivity index (χ2n) is 9.66. The van der Waals surface area contributed by atoms with Crippen molar-refractivity contribution in [2.24, 2.45) is 5.92 Å². The molecule has 4 rings (SSSR count). The lowest BCUT2D eigenvalue weighted by Crippen LogP contribution is -2.38. The van der Waals surface area contributed by atoms with Gasteiger partial charge in [-0.3, -0.25) is 4.79 Å². The molecule has 2 aliphatic heterocycles. The minimum atomic E-state index is -0.216. The van der Waals surface area contributed by atoms with Crippen LogP contribution < -0.4 is 9.47 Å². The highest BCUT2D eigenvalue weighted by atomic mass is 35.5. The van der Waals surface area contributed by atoms with E-state index in [9.17, 15) is 4.79 Å². The fraction of sp³-hybridized carbons (Fsp3) is 0.571. The van der Waals surface area contributed by atoms with Gasteiger partial charge in [-0.2, -0.15) is 0 Å². The normalized spacial score (nSPS) is 18.3. The maximum absolute atomic E-state index is 13.9. The smallest absolute Gasteiger partial charge is 0.255 e. The van der Waals surface area contributed by atoms with Crippen LogP contribution in [0.1, 0.15) is 70.6 Å². The summed E-state index contributed by atoms with van der Waals surface area (Å²) in [5.74, 6) is 1.32. The predicted octanol–water partition coefficient (Wildman–Crippen LogP) is 5.46. The number of benzene rings is 1. The van der Waals surface area contributed by atoms with Crippen LogP contribution in [0.25, 0.3) is 0 Å². The molecule has 0 aliphatic carbocycles. The molecule has 1 amide bonds. The molecule has 196 valence electrons. The number of halogens is 1. The molecule has 2 atom stereocenters. The third-order valence-corrected chi connectivity index (χ3v) is 7.60. The van der Waals surface area contributed by atoms with Crippen LogP contribution in [-0.4, -0.2) is 56.4 Å². The van der Waals surface area contributed by atoms with E-state index in [1.807, 2.05) is 24.8 Å². The van der Waals surface area contributed by atoms with Gasteiger partial charge in [0.2, 0.25) is 5.88 Å². The largest absolute Gasteiger partial charge is 0.496 e. The van der Waals surface area contributed by atoms with Gasteiger partial charge in [0.1, 0.15) is 5.75 Å². The Morgan fingerprint density at radius 3 is 2.75 bits per heavy atom. The van der Waals surface area contributed by atoms with Crippen LogP contribution in [-0.2, 0) is 22.4 Å². The van der Waals surface area contributed by atoms with E-state index >= 15 is 0 Å². The summed E-state index contributed by atoms with van der Waals surface area (Å²) < 4.78 is 23.2. The summed E-state index contributed by atoms with van der Waals surface area (Å²) in [6.45, 7) is 8.90. The number of aryl methyl sites for hydroxylation is 2. The van der Waals surface area contributed by atoms with E-state index in [2.05, 4.69) is 18.0 Å². The van der Waals surface area contributed by atoms with Gasteiger partial charge >= 0.3 is 0 Å². The molecular weight excluding hydrogens is 480 g/mol. The molecule has 0 spiro atoms. The molecule has 1 fully saturated rings. The standard InChI is InChI=1S/C28H37ClN2O5/c1-6-7-11-36-27-22(23(33-4)14-18(3)30-27)15-31-10-8-20-17(2)13-21(25(29)24(20)28(31)32)26(34-5)19-9-12-35-16-19/h13-14,19,26H,6-12,15-16H2,1-5H3. The maximum Gasteiger partial charge on any atom is 0.255 e. The maximum atomic E-state index is 13.9. The van der Waals surface area contributed by atoms with Crippen molar-refractivity contribution >= 4 is 17.5 Å². The van der Waals surface area contributed by atoms with Crippen molar-refractivity contribution in [3.63, 3.8) is 0 Å². The zero-order valence-electron chi connectivity index (χ0n) is 22.0. The highest BCUT2D eigenvalue weighted by Gasteiger charge is 2.35. The molecule has 0 radical (unpaired) electrons.